The fraction of sp³-hybridized carbons (Fsp3) is 0.444. The van der Waals surface area contributed by atoms with E-state index in [1.54, 1.807) is 12.1 Å². The zero-order valence-electron chi connectivity index (χ0n) is 19.8. The van der Waals surface area contributed by atoms with Crippen molar-refractivity contribution in [3.8, 4) is 0 Å². The van der Waals surface area contributed by atoms with Gasteiger partial charge in [0.25, 0.3) is 0 Å². The van der Waals surface area contributed by atoms with E-state index in [9.17, 15) is 14.4 Å². The molecule has 0 spiro atoms. The number of hydrogen-bond donors (Lipinski definition) is 1. The number of hydrogen-bond acceptors (Lipinski definition) is 5. The maximum Gasteiger partial charge on any atom is 0.329 e. The van der Waals surface area contributed by atoms with Crippen LogP contribution in [0.25, 0.3) is 0 Å². The number of nitrogens with one attached hydrogen (secondary N) is 1. The lowest BCUT2D eigenvalue weighted by molar-refractivity contribution is -0.147. The maximum atomic E-state index is 12.9. The van der Waals surface area contributed by atoms with E-state index in [2.05, 4.69) is 12.2 Å². The predicted octanol–water partition coefficient (Wildman–Crippen LogP) is 4.03. The number of Topliss-reactive ketones (excluding diaryl/α,β-unsaturated/α-hetero) is 1. The summed E-state index contributed by atoms with van der Waals surface area (Å²) in [5.74, 6) is -0.416. The Labute approximate surface area is 196 Å². The highest BCUT2D eigenvalue weighted by molar-refractivity contribution is 5.98. The largest absolute Gasteiger partial charge is 0.456 e. The lowest BCUT2D eigenvalue weighted by Crippen LogP contribution is -2.46. The van der Waals surface area contributed by atoms with Gasteiger partial charge in [0.15, 0.2) is 12.4 Å². The number of carbonyl (C=O) groups excluding carboxylic acids is 3. The second-order valence-electron chi connectivity index (χ2n) is 9.18. The van der Waals surface area contributed by atoms with Gasteiger partial charge in [-0.1, -0.05) is 37.3 Å². The zero-order valence-corrected chi connectivity index (χ0v) is 19.8. The molecule has 1 saturated carbocycles. The number of ketones is 1. The Hall–Kier alpha value is -3.15. The van der Waals surface area contributed by atoms with E-state index in [4.69, 9.17) is 4.74 Å². The van der Waals surface area contributed by atoms with Crippen molar-refractivity contribution in [3.63, 3.8) is 0 Å². The summed E-state index contributed by atoms with van der Waals surface area (Å²) in [6.07, 6.45) is 4.03. The molecule has 0 radical (unpaired) electrons. The standard InChI is InChI=1S/C27H34N2O4/c1-19-9-11-22(12-10-19)26(31)28-24(17-20-7-5-4-6-8-20)27(32)33-18-25(30)21-13-15-23(16-14-21)29(2)3/h4-8,13-16,19,22,24H,9-12,17-18H2,1-3H3,(H,28,31)/t19?,22?,24-/m1/s1. The van der Waals surface area contributed by atoms with Crippen LogP contribution >= 0.6 is 0 Å². The highest BCUT2D eigenvalue weighted by Crippen LogP contribution is 2.28. The SMILES string of the molecule is CC1CCC(C(=O)N[C@H](Cc2ccccc2)C(=O)OCC(=O)c2ccc(N(C)C)cc2)CC1. The second-order valence-corrected chi connectivity index (χ2v) is 9.18. The van der Waals surface area contributed by atoms with Crippen LogP contribution in [0.15, 0.2) is 54.6 Å². The van der Waals surface area contributed by atoms with Crippen molar-refractivity contribution < 1.29 is 19.1 Å². The fourth-order valence-electron chi connectivity index (χ4n) is 4.12. The molecule has 1 aliphatic carbocycles. The van der Waals surface area contributed by atoms with Gasteiger partial charge < -0.3 is 15.0 Å². The Balaban J connectivity index is 1.62. The van der Waals surface area contributed by atoms with Crippen LogP contribution in [0.2, 0.25) is 0 Å². The Morgan fingerprint density at radius 1 is 0.970 bits per heavy atom. The molecule has 0 heterocycles. The van der Waals surface area contributed by atoms with Crippen LogP contribution in [-0.4, -0.2) is 44.4 Å². The number of rotatable bonds is 9. The van der Waals surface area contributed by atoms with Gasteiger partial charge in [-0.2, -0.15) is 0 Å². The van der Waals surface area contributed by atoms with Gasteiger partial charge in [0.2, 0.25) is 5.91 Å². The number of amides is 1. The van der Waals surface area contributed by atoms with Crippen LogP contribution in [0.5, 0.6) is 0 Å². The summed E-state index contributed by atoms with van der Waals surface area (Å²) in [7, 11) is 3.85. The molecule has 1 fully saturated rings. The molecule has 6 heteroatoms. The first-order chi connectivity index (χ1) is 15.8. The van der Waals surface area contributed by atoms with Gasteiger partial charge in [0.05, 0.1) is 0 Å². The molecule has 2 aromatic rings. The number of anilines is 1. The fourth-order valence-corrected chi connectivity index (χ4v) is 4.12. The Kier molecular flexibility index (Phi) is 8.64. The average molecular weight is 451 g/mol. The van der Waals surface area contributed by atoms with Gasteiger partial charge in [0, 0.05) is 37.7 Å². The van der Waals surface area contributed by atoms with E-state index in [1.165, 1.54) is 0 Å². The lowest BCUT2D eigenvalue weighted by Gasteiger charge is -2.27. The minimum atomic E-state index is -0.830. The molecule has 176 valence electrons. The zero-order chi connectivity index (χ0) is 23.8. The van der Waals surface area contributed by atoms with Crippen molar-refractivity contribution in [2.75, 3.05) is 25.6 Å². The minimum Gasteiger partial charge on any atom is -0.456 e. The Bertz CT molecular complexity index is 932. The van der Waals surface area contributed by atoms with Crippen LogP contribution in [0.3, 0.4) is 0 Å². The van der Waals surface area contributed by atoms with Gasteiger partial charge in [-0.15, -0.1) is 0 Å². The highest BCUT2D eigenvalue weighted by Gasteiger charge is 2.29. The normalized spacial score (nSPS) is 18.8. The Morgan fingerprint density at radius 2 is 1.61 bits per heavy atom. The molecule has 0 saturated heterocycles. The first kappa shape index (κ1) is 24.5. The monoisotopic (exact) mass is 450 g/mol. The van der Waals surface area contributed by atoms with Crippen molar-refractivity contribution in [1.29, 1.82) is 0 Å². The van der Waals surface area contributed by atoms with Gasteiger partial charge >= 0.3 is 5.97 Å². The minimum absolute atomic E-state index is 0.0795. The van der Waals surface area contributed by atoms with E-state index in [-0.39, 0.29) is 24.2 Å². The number of carbonyl (C=O) groups is 3. The predicted molar refractivity (Wildman–Crippen MR) is 129 cm³/mol. The summed E-state index contributed by atoms with van der Waals surface area (Å²) in [5, 5.41) is 2.90. The summed E-state index contributed by atoms with van der Waals surface area (Å²) in [6, 6.07) is 15.8. The third-order valence-corrected chi connectivity index (χ3v) is 6.32. The van der Waals surface area contributed by atoms with Crippen LogP contribution in [0, 0.1) is 11.8 Å². The summed E-state index contributed by atoms with van der Waals surface area (Å²) >= 11 is 0. The number of esters is 1. The number of nitrogens with zero attached hydrogens (tertiary/aromatic N) is 1. The molecular weight excluding hydrogens is 416 g/mol. The molecule has 0 bridgehead atoms. The quantitative estimate of drug-likeness (QED) is 0.461. The summed E-state index contributed by atoms with van der Waals surface area (Å²) in [5.41, 5.74) is 2.38. The molecule has 0 unspecified atom stereocenters. The lowest BCUT2D eigenvalue weighted by atomic mass is 9.82. The van der Waals surface area contributed by atoms with Crippen LogP contribution < -0.4 is 10.2 Å². The molecule has 1 atom stereocenters. The molecule has 1 aliphatic rings. The molecule has 2 aromatic carbocycles. The van der Waals surface area contributed by atoms with Gasteiger partial charge in [0.1, 0.15) is 6.04 Å². The molecule has 33 heavy (non-hydrogen) atoms. The van der Waals surface area contributed by atoms with E-state index < -0.39 is 12.0 Å². The third kappa shape index (κ3) is 7.17. The maximum absolute atomic E-state index is 12.9. The molecular formula is C27H34N2O4. The van der Waals surface area contributed by atoms with Crippen molar-refractivity contribution in [2.24, 2.45) is 11.8 Å². The van der Waals surface area contributed by atoms with Crippen molar-refractivity contribution >= 4 is 23.3 Å². The molecule has 0 aromatic heterocycles. The number of ether oxygens (including phenoxy) is 1. The average Bonchev–Trinajstić information content (AvgIpc) is 2.83. The molecule has 6 nitrogen and oxygen atoms in total. The molecule has 1 N–H and O–H groups in total. The highest BCUT2D eigenvalue weighted by atomic mass is 16.5. The molecule has 1 amide bonds. The van der Waals surface area contributed by atoms with Crippen LogP contribution in [-0.2, 0) is 20.7 Å². The van der Waals surface area contributed by atoms with Crippen LogP contribution in [0.1, 0.15) is 48.5 Å². The molecule has 0 aliphatic heterocycles. The van der Waals surface area contributed by atoms with Crippen molar-refractivity contribution in [2.45, 2.75) is 45.1 Å². The van der Waals surface area contributed by atoms with E-state index >= 15 is 0 Å². The molecule has 3 rings (SSSR count). The first-order valence-corrected chi connectivity index (χ1v) is 11.6. The van der Waals surface area contributed by atoms with Gasteiger partial charge in [-0.25, -0.2) is 4.79 Å². The second kappa shape index (κ2) is 11.6. The van der Waals surface area contributed by atoms with E-state index in [0.717, 1.165) is 36.9 Å². The smallest absolute Gasteiger partial charge is 0.329 e. The van der Waals surface area contributed by atoms with Gasteiger partial charge in [-0.3, -0.25) is 9.59 Å². The summed E-state index contributed by atoms with van der Waals surface area (Å²) < 4.78 is 5.36. The summed E-state index contributed by atoms with van der Waals surface area (Å²) in [6.45, 7) is 1.84. The number of benzene rings is 2. The van der Waals surface area contributed by atoms with Crippen molar-refractivity contribution in [1.82, 2.24) is 5.32 Å². The van der Waals surface area contributed by atoms with Gasteiger partial charge in [-0.05, 0) is 61.4 Å². The van der Waals surface area contributed by atoms with Crippen LogP contribution in [0.4, 0.5) is 5.69 Å². The third-order valence-electron chi connectivity index (χ3n) is 6.32. The van der Waals surface area contributed by atoms with E-state index in [1.807, 2.05) is 61.5 Å². The summed E-state index contributed by atoms with van der Waals surface area (Å²) in [4.78, 5) is 40.2. The van der Waals surface area contributed by atoms with E-state index in [0.29, 0.717) is 17.9 Å². The topological polar surface area (TPSA) is 75.7 Å². The van der Waals surface area contributed by atoms with Crippen molar-refractivity contribution in [3.05, 3.63) is 65.7 Å². The Morgan fingerprint density at radius 3 is 2.21 bits per heavy atom. The first-order valence-electron chi connectivity index (χ1n) is 11.6.